The van der Waals surface area contributed by atoms with Crippen LogP contribution in [0.4, 0.5) is 34.5 Å². The summed E-state index contributed by atoms with van der Waals surface area (Å²) in [6.07, 6.45) is 5.80. The summed E-state index contributed by atoms with van der Waals surface area (Å²) in [6, 6.07) is 8.41. The first kappa shape index (κ1) is 31.6. The van der Waals surface area contributed by atoms with E-state index in [-0.39, 0.29) is 0 Å². The number of rotatable bonds is 9. The molecule has 2 saturated heterocycles. The summed E-state index contributed by atoms with van der Waals surface area (Å²) in [5, 5.41) is 6.57. The van der Waals surface area contributed by atoms with Crippen molar-refractivity contribution in [3.8, 4) is 11.5 Å². The van der Waals surface area contributed by atoms with Gasteiger partial charge in [-0.1, -0.05) is 0 Å². The molecule has 45 heavy (non-hydrogen) atoms. The Morgan fingerprint density at radius 3 is 2.47 bits per heavy atom. The Balaban J connectivity index is 1.18. The van der Waals surface area contributed by atoms with Gasteiger partial charge in [0.1, 0.15) is 17.3 Å². The van der Waals surface area contributed by atoms with Crippen molar-refractivity contribution in [2.45, 2.75) is 32.2 Å². The van der Waals surface area contributed by atoms with Crippen molar-refractivity contribution in [1.82, 2.24) is 19.8 Å². The van der Waals surface area contributed by atoms with Crippen LogP contribution in [-0.2, 0) is 16.4 Å². The highest BCUT2D eigenvalue weighted by Gasteiger charge is 2.28. The molecule has 3 aromatic rings. The van der Waals surface area contributed by atoms with E-state index in [4.69, 9.17) is 14.5 Å². The molecular weight excluding hydrogens is 660 g/mol. The third kappa shape index (κ3) is 7.40. The number of anilines is 6. The van der Waals surface area contributed by atoms with Gasteiger partial charge in [-0.15, -0.1) is 0 Å². The molecule has 2 fully saturated rings. The molecule has 3 N–H and O–H groups in total. The number of ether oxygens (including phenoxy) is 2. The van der Waals surface area contributed by atoms with Gasteiger partial charge in [-0.2, -0.15) is 4.98 Å². The smallest absolute Gasteiger partial charge is 0.229 e. The number of methoxy groups -OCH3 is 1. The number of aromatic nitrogens is 2. The first-order chi connectivity index (χ1) is 21.6. The van der Waals surface area contributed by atoms with Crippen molar-refractivity contribution < 1.29 is 17.9 Å². The molecule has 4 heterocycles. The lowest BCUT2D eigenvalue weighted by atomic mass is 10.0. The molecule has 2 aromatic carbocycles. The van der Waals surface area contributed by atoms with Gasteiger partial charge in [-0.25, -0.2) is 13.4 Å². The highest BCUT2D eigenvalue weighted by molar-refractivity contribution is 9.10. The van der Waals surface area contributed by atoms with Gasteiger partial charge in [0.15, 0.2) is 0 Å². The Labute approximate surface area is 273 Å². The lowest BCUT2D eigenvalue weighted by Crippen LogP contribution is -2.52. The van der Waals surface area contributed by atoms with Crippen LogP contribution in [0.1, 0.15) is 24.0 Å². The van der Waals surface area contributed by atoms with E-state index in [1.165, 1.54) is 5.69 Å². The van der Waals surface area contributed by atoms with Crippen LogP contribution in [0.25, 0.3) is 0 Å². The van der Waals surface area contributed by atoms with Crippen molar-refractivity contribution in [1.29, 1.82) is 0 Å². The van der Waals surface area contributed by atoms with Crippen LogP contribution in [0.5, 0.6) is 11.5 Å². The van der Waals surface area contributed by atoms with Crippen molar-refractivity contribution >= 4 is 60.5 Å². The molecule has 0 saturated carbocycles. The van der Waals surface area contributed by atoms with Gasteiger partial charge in [-0.3, -0.25) is 9.62 Å². The minimum absolute atomic E-state index is 0.356. The normalized spacial score (nSPS) is 17.9. The van der Waals surface area contributed by atoms with Crippen molar-refractivity contribution in [3.05, 3.63) is 46.1 Å². The summed E-state index contributed by atoms with van der Waals surface area (Å²) in [7, 11) is 0.360. The minimum Gasteiger partial charge on any atom is -0.494 e. The number of nitrogens with zero attached hydrogens (tertiary/aromatic N) is 5. The number of likely N-dealkylation sites (N-methyl/N-ethyl adjacent to an activating group) is 1. The minimum atomic E-state index is -3.51. The maximum atomic E-state index is 12.1. The van der Waals surface area contributed by atoms with Crippen LogP contribution in [0.15, 0.2) is 34.9 Å². The molecule has 14 heteroatoms. The quantitative estimate of drug-likeness (QED) is 0.291. The fourth-order valence-corrected chi connectivity index (χ4v) is 7.18. The molecular formula is C31H41BrN8O4S. The highest BCUT2D eigenvalue weighted by Crippen LogP contribution is 2.39. The van der Waals surface area contributed by atoms with Gasteiger partial charge in [0, 0.05) is 75.7 Å². The van der Waals surface area contributed by atoms with Crippen LogP contribution >= 0.6 is 15.9 Å². The molecule has 0 radical (unpaired) electrons. The van der Waals surface area contributed by atoms with E-state index in [1.54, 1.807) is 25.4 Å². The second-order valence-corrected chi connectivity index (χ2v) is 14.6. The summed E-state index contributed by atoms with van der Waals surface area (Å²) in [5.41, 5.74) is 4.95. The SMILES string of the molecule is COc1cc(N2CCC(N3CCN(C)CC3)CC2)c(C)cc1Nc1ncc(Br)c(Nc2cc3c(cc2NS(C)(=O)=O)CCO3)n1. The Morgan fingerprint density at radius 2 is 1.76 bits per heavy atom. The fourth-order valence-electron chi connectivity index (χ4n) is 6.32. The number of halogens is 1. The van der Waals surface area contributed by atoms with E-state index in [0.717, 1.165) is 75.2 Å². The second-order valence-electron chi connectivity index (χ2n) is 12.0. The van der Waals surface area contributed by atoms with Crippen molar-refractivity contribution in [2.75, 3.05) is 86.5 Å². The number of hydrogen-bond donors (Lipinski definition) is 3. The third-order valence-corrected chi connectivity index (χ3v) is 9.92. The first-order valence-corrected chi connectivity index (χ1v) is 17.9. The zero-order valence-electron chi connectivity index (χ0n) is 26.2. The number of aryl methyl sites for hydroxylation is 1. The van der Waals surface area contributed by atoms with E-state index in [0.29, 0.717) is 58.2 Å². The van der Waals surface area contributed by atoms with Crippen LogP contribution < -0.4 is 29.7 Å². The van der Waals surface area contributed by atoms with Crippen LogP contribution in [0, 0.1) is 6.92 Å². The molecule has 242 valence electrons. The number of piperazine rings is 1. The molecule has 0 aliphatic carbocycles. The summed E-state index contributed by atoms with van der Waals surface area (Å²) < 4.78 is 39.0. The van der Waals surface area contributed by atoms with Gasteiger partial charge in [0.2, 0.25) is 16.0 Å². The predicted molar refractivity (Wildman–Crippen MR) is 182 cm³/mol. The summed E-state index contributed by atoms with van der Waals surface area (Å²) in [6.45, 7) is 9.31. The molecule has 12 nitrogen and oxygen atoms in total. The molecule has 3 aliphatic rings. The third-order valence-electron chi connectivity index (χ3n) is 8.75. The molecule has 6 rings (SSSR count). The molecule has 3 aliphatic heterocycles. The monoisotopic (exact) mass is 700 g/mol. The second kappa shape index (κ2) is 13.2. The van der Waals surface area contributed by atoms with Gasteiger partial charge in [0.25, 0.3) is 0 Å². The van der Waals surface area contributed by atoms with Crippen LogP contribution in [-0.4, -0.2) is 101 Å². The van der Waals surface area contributed by atoms with Gasteiger partial charge >= 0.3 is 0 Å². The van der Waals surface area contributed by atoms with Gasteiger partial charge in [-0.05, 0) is 66.0 Å². The maximum absolute atomic E-state index is 12.1. The molecule has 0 atom stereocenters. The number of benzene rings is 2. The van der Waals surface area contributed by atoms with Crippen molar-refractivity contribution in [2.24, 2.45) is 0 Å². The van der Waals surface area contributed by atoms with Crippen molar-refractivity contribution in [3.63, 3.8) is 0 Å². The maximum Gasteiger partial charge on any atom is 0.229 e. The predicted octanol–water partition coefficient (Wildman–Crippen LogP) is 4.57. The van der Waals surface area contributed by atoms with Gasteiger partial charge in [0.05, 0.1) is 41.5 Å². The van der Waals surface area contributed by atoms with Crippen LogP contribution in [0.2, 0.25) is 0 Å². The van der Waals surface area contributed by atoms with Crippen LogP contribution in [0.3, 0.4) is 0 Å². The van der Waals surface area contributed by atoms with Gasteiger partial charge < -0.3 is 29.9 Å². The molecule has 0 amide bonds. The fraction of sp³-hybridized carbons (Fsp3) is 0.484. The topological polar surface area (TPSA) is 124 Å². The Bertz CT molecular complexity index is 1660. The average Bonchev–Trinajstić information content (AvgIpc) is 3.46. The summed E-state index contributed by atoms with van der Waals surface area (Å²) >= 11 is 3.53. The largest absolute Gasteiger partial charge is 0.494 e. The molecule has 0 unspecified atom stereocenters. The van der Waals surface area contributed by atoms with E-state index < -0.39 is 10.0 Å². The zero-order chi connectivity index (χ0) is 31.7. The number of piperidine rings is 1. The lowest BCUT2D eigenvalue weighted by Gasteiger charge is -2.43. The molecule has 0 bridgehead atoms. The van der Waals surface area contributed by atoms with E-state index in [1.807, 2.05) is 0 Å². The van der Waals surface area contributed by atoms with E-state index in [2.05, 4.69) is 77.1 Å². The highest BCUT2D eigenvalue weighted by atomic mass is 79.9. The lowest BCUT2D eigenvalue weighted by molar-refractivity contribution is 0.0982. The molecule has 1 aromatic heterocycles. The summed E-state index contributed by atoms with van der Waals surface area (Å²) in [4.78, 5) is 16.7. The van der Waals surface area contributed by atoms with E-state index >= 15 is 0 Å². The summed E-state index contributed by atoms with van der Waals surface area (Å²) in [5.74, 6) is 2.23. The number of sulfonamides is 1. The Kier molecular flexibility index (Phi) is 9.27. The number of fused-ring (bicyclic) bond motifs is 1. The number of nitrogens with one attached hydrogen (secondary N) is 3. The number of hydrogen-bond acceptors (Lipinski definition) is 11. The zero-order valence-corrected chi connectivity index (χ0v) is 28.6. The first-order valence-electron chi connectivity index (χ1n) is 15.3. The van der Waals surface area contributed by atoms with E-state index in [9.17, 15) is 8.42 Å². The Hall–Kier alpha value is -3.33. The average molecular weight is 702 g/mol. The standard InChI is InChI=1S/C31H41BrN8O4S/c1-20-15-26(29(43-3)18-27(20)40-8-5-22(6-9-40)39-12-10-38(2)11-13-39)35-31-33-19-23(32)30(36-31)34-24-17-28-21(7-14-44-28)16-25(24)37-45(4,41)42/h15-19,22,37H,5-14H2,1-4H3,(H2,33,34,35,36). The molecule has 0 spiro atoms. The Morgan fingerprint density at radius 1 is 1.00 bits per heavy atom.